The van der Waals surface area contributed by atoms with E-state index in [1.807, 2.05) is 18.2 Å². The van der Waals surface area contributed by atoms with Crippen LogP contribution >= 0.6 is 15.9 Å². The van der Waals surface area contributed by atoms with E-state index in [1.165, 1.54) is 17.7 Å². The van der Waals surface area contributed by atoms with Gasteiger partial charge in [0.2, 0.25) is 0 Å². The molecule has 0 radical (unpaired) electrons. The number of nitrogens with one attached hydrogen (secondary N) is 1. The minimum atomic E-state index is -0.227. The lowest BCUT2D eigenvalue weighted by molar-refractivity contribution is 0.414. The van der Waals surface area contributed by atoms with Gasteiger partial charge in [0.25, 0.3) is 0 Å². The first kappa shape index (κ1) is 16.0. The van der Waals surface area contributed by atoms with Crippen molar-refractivity contribution >= 4 is 15.9 Å². The predicted molar refractivity (Wildman–Crippen MR) is 87.2 cm³/mol. The fraction of sp³-hybridized carbons (Fsp3) is 0.294. The molecule has 0 aliphatic heterocycles. The Hall–Kier alpha value is -1.39. The molecule has 0 amide bonds. The third kappa shape index (κ3) is 4.29. The summed E-state index contributed by atoms with van der Waals surface area (Å²) in [5.74, 6) is 0.618. The second-order valence-electron chi connectivity index (χ2n) is 4.82. The fourth-order valence-electron chi connectivity index (χ4n) is 2.30. The van der Waals surface area contributed by atoms with Crippen LogP contribution in [0, 0.1) is 5.82 Å². The van der Waals surface area contributed by atoms with E-state index in [0.717, 1.165) is 28.8 Å². The molecule has 0 heterocycles. The van der Waals surface area contributed by atoms with E-state index in [2.05, 4.69) is 40.3 Å². The Kier molecular flexibility index (Phi) is 5.76. The fourth-order valence-corrected chi connectivity index (χ4v) is 2.81. The first-order chi connectivity index (χ1) is 10.1. The maximum absolute atomic E-state index is 13.2. The van der Waals surface area contributed by atoms with Crippen LogP contribution < -0.4 is 10.1 Å². The predicted octanol–water partition coefficient (Wildman–Crippen LogP) is 4.49. The third-order valence-corrected chi connectivity index (χ3v) is 4.15. The molecule has 2 nitrogen and oxygen atoms in total. The van der Waals surface area contributed by atoms with Gasteiger partial charge in [0.15, 0.2) is 0 Å². The summed E-state index contributed by atoms with van der Waals surface area (Å²) in [5.41, 5.74) is 2.27. The molecule has 0 fully saturated rings. The second kappa shape index (κ2) is 7.57. The molecule has 112 valence electrons. The van der Waals surface area contributed by atoms with Gasteiger partial charge in [0, 0.05) is 10.5 Å². The zero-order valence-electron chi connectivity index (χ0n) is 12.2. The number of halogens is 2. The lowest BCUT2D eigenvalue weighted by atomic mass is 9.98. The second-order valence-corrected chi connectivity index (χ2v) is 5.68. The highest BCUT2D eigenvalue weighted by molar-refractivity contribution is 9.10. The number of rotatable bonds is 6. The van der Waals surface area contributed by atoms with Gasteiger partial charge in [-0.05, 0) is 48.4 Å². The van der Waals surface area contributed by atoms with E-state index >= 15 is 0 Å². The zero-order chi connectivity index (χ0) is 15.2. The molecule has 1 N–H and O–H groups in total. The molecule has 0 aliphatic rings. The van der Waals surface area contributed by atoms with Crippen molar-refractivity contribution in [1.82, 2.24) is 5.32 Å². The molecule has 0 spiro atoms. The highest BCUT2D eigenvalue weighted by atomic mass is 79.9. The maximum atomic E-state index is 13.2. The lowest BCUT2D eigenvalue weighted by Gasteiger charge is -2.19. The van der Waals surface area contributed by atoms with Gasteiger partial charge in [0.05, 0.1) is 7.11 Å². The Morgan fingerprint density at radius 3 is 2.48 bits per heavy atom. The highest BCUT2D eigenvalue weighted by Crippen LogP contribution is 2.26. The van der Waals surface area contributed by atoms with Crippen LogP contribution in [-0.4, -0.2) is 13.7 Å². The zero-order valence-corrected chi connectivity index (χ0v) is 13.8. The van der Waals surface area contributed by atoms with Crippen LogP contribution in [0.4, 0.5) is 4.39 Å². The average Bonchev–Trinajstić information content (AvgIpc) is 2.49. The van der Waals surface area contributed by atoms with Gasteiger partial charge in [-0.2, -0.15) is 0 Å². The summed E-state index contributed by atoms with van der Waals surface area (Å²) in [6.07, 6.45) is 0.793. The smallest absolute Gasteiger partial charge is 0.124 e. The minimum Gasteiger partial charge on any atom is -0.497 e. The van der Waals surface area contributed by atoms with Gasteiger partial charge >= 0.3 is 0 Å². The molecule has 4 heteroatoms. The van der Waals surface area contributed by atoms with Crippen molar-refractivity contribution in [2.24, 2.45) is 0 Å². The van der Waals surface area contributed by atoms with Crippen molar-refractivity contribution in [1.29, 1.82) is 0 Å². The van der Waals surface area contributed by atoms with Gasteiger partial charge in [-0.3, -0.25) is 0 Å². The topological polar surface area (TPSA) is 21.3 Å². The molecule has 1 unspecified atom stereocenters. The monoisotopic (exact) mass is 351 g/mol. The minimum absolute atomic E-state index is 0.183. The van der Waals surface area contributed by atoms with Crippen LogP contribution in [0.5, 0.6) is 5.75 Å². The van der Waals surface area contributed by atoms with Gasteiger partial charge in [-0.15, -0.1) is 0 Å². The van der Waals surface area contributed by atoms with Crippen LogP contribution in [0.1, 0.15) is 24.1 Å². The summed E-state index contributed by atoms with van der Waals surface area (Å²) < 4.78 is 19.2. The van der Waals surface area contributed by atoms with Crippen LogP contribution in [0.15, 0.2) is 46.9 Å². The lowest BCUT2D eigenvalue weighted by Crippen LogP contribution is -2.23. The summed E-state index contributed by atoms with van der Waals surface area (Å²) in [4.78, 5) is 0. The van der Waals surface area contributed by atoms with Gasteiger partial charge < -0.3 is 10.1 Å². The van der Waals surface area contributed by atoms with Crippen molar-refractivity contribution in [3.05, 3.63) is 63.9 Å². The number of methoxy groups -OCH3 is 1. The van der Waals surface area contributed by atoms with Crippen molar-refractivity contribution < 1.29 is 9.13 Å². The summed E-state index contributed by atoms with van der Waals surface area (Å²) in [6.45, 7) is 2.95. The molecule has 2 rings (SSSR count). The van der Waals surface area contributed by atoms with E-state index in [1.54, 1.807) is 7.11 Å². The molecule has 21 heavy (non-hydrogen) atoms. The normalized spacial score (nSPS) is 12.2. The summed E-state index contributed by atoms with van der Waals surface area (Å²) in [7, 11) is 1.66. The van der Waals surface area contributed by atoms with E-state index in [0.29, 0.717) is 0 Å². The van der Waals surface area contributed by atoms with Crippen molar-refractivity contribution in [3.8, 4) is 5.75 Å². The first-order valence-corrected chi connectivity index (χ1v) is 7.74. The van der Waals surface area contributed by atoms with Gasteiger partial charge in [-0.25, -0.2) is 4.39 Å². The Morgan fingerprint density at radius 1 is 1.19 bits per heavy atom. The number of ether oxygens (including phenoxy) is 1. The van der Waals surface area contributed by atoms with Crippen LogP contribution in [-0.2, 0) is 6.42 Å². The summed E-state index contributed by atoms with van der Waals surface area (Å²) in [5, 5.41) is 3.47. The Balaban J connectivity index is 2.21. The van der Waals surface area contributed by atoms with Crippen LogP contribution in [0.2, 0.25) is 0 Å². The number of hydrogen-bond acceptors (Lipinski definition) is 2. The van der Waals surface area contributed by atoms with Crippen molar-refractivity contribution in [2.45, 2.75) is 19.4 Å². The standard InChI is InChI=1S/C17H19BrFNO/c1-3-20-17(12-5-8-15(21-2)9-6-12)10-13-4-7-14(19)11-16(13)18/h4-9,11,17,20H,3,10H2,1-2H3. The van der Waals surface area contributed by atoms with Crippen molar-refractivity contribution in [2.75, 3.05) is 13.7 Å². The molecule has 0 saturated carbocycles. The van der Waals surface area contributed by atoms with Crippen LogP contribution in [0.25, 0.3) is 0 Å². The quantitative estimate of drug-likeness (QED) is 0.827. The van der Waals surface area contributed by atoms with Crippen LogP contribution in [0.3, 0.4) is 0 Å². The summed E-state index contributed by atoms with van der Waals surface area (Å²) in [6, 6.07) is 13.0. The molecule has 0 bridgehead atoms. The number of likely N-dealkylation sites (N-methyl/N-ethyl adjacent to an activating group) is 1. The van der Waals surface area contributed by atoms with E-state index in [4.69, 9.17) is 4.74 Å². The molecule has 2 aromatic rings. The summed E-state index contributed by atoms with van der Waals surface area (Å²) >= 11 is 3.43. The van der Waals surface area contributed by atoms with E-state index < -0.39 is 0 Å². The molecule has 2 aromatic carbocycles. The van der Waals surface area contributed by atoms with Crippen molar-refractivity contribution in [3.63, 3.8) is 0 Å². The Bertz CT molecular complexity index is 586. The molecular weight excluding hydrogens is 333 g/mol. The number of hydrogen-bond donors (Lipinski definition) is 1. The van der Waals surface area contributed by atoms with Gasteiger partial charge in [0.1, 0.15) is 11.6 Å². The van der Waals surface area contributed by atoms with E-state index in [-0.39, 0.29) is 11.9 Å². The molecule has 1 atom stereocenters. The van der Waals surface area contributed by atoms with Gasteiger partial charge in [-0.1, -0.05) is 41.1 Å². The molecule has 0 saturated heterocycles. The molecule has 0 aliphatic carbocycles. The number of benzene rings is 2. The highest BCUT2D eigenvalue weighted by Gasteiger charge is 2.13. The first-order valence-electron chi connectivity index (χ1n) is 6.95. The third-order valence-electron chi connectivity index (χ3n) is 3.41. The molecule has 0 aromatic heterocycles. The SMILES string of the molecule is CCNC(Cc1ccc(F)cc1Br)c1ccc(OC)cc1. The Labute approximate surface area is 133 Å². The van der Waals surface area contributed by atoms with E-state index in [9.17, 15) is 4.39 Å². The largest absolute Gasteiger partial charge is 0.497 e. The Morgan fingerprint density at radius 2 is 1.90 bits per heavy atom. The maximum Gasteiger partial charge on any atom is 0.124 e. The average molecular weight is 352 g/mol. The molecular formula is C17H19BrFNO.